The van der Waals surface area contributed by atoms with Crippen molar-refractivity contribution in [1.82, 2.24) is 4.90 Å². The van der Waals surface area contributed by atoms with E-state index in [0.29, 0.717) is 0 Å². The van der Waals surface area contributed by atoms with Crippen molar-refractivity contribution in [2.45, 2.75) is 30.8 Å². The SMILES string of the molecule is CC(C)(C)N1C(=O)OC(Cl)(Cl)C1=O. The van der Waals surface area contributed by atoms with E-state index in [1.807, 2.05) is 0 Å². The Morgan fingerprint density at radius 2 is 1.77 bits per heavy atom. The molecule has 0 N–H and O–H groups in total. The van der Waals surface area contributed by atoms with E-state index >= 15 is 0 Å². The third-order valence-electron chi connectivity index (χ3n) is 1.52. The highest BCUT2D eigenvalue weighted by molar-refractivity contribution is 6.58. The van der Waals surface area contributed by atoms with Gasteiger partial charge in [-0.1, -0.05) is 0 Å². The van der Waals surface area contributed by atoms with Gasteiger partial charge in [-0.2, -0.15) is 0 Å². The smallest absolute Gasteiger partial charge is 0.402 e. The van der Waals surface area contributed by atoms with Gasteiger partial charge in [0.1, 0.15) is 0 Å². The van der Waals surface area contributed by atoms with Crippen LogP contribution in [-0.2, 0) is 9.53 Å². The second-order valence-electron chi connectivity index (χ2n) is 3.70. The van der Waals surface area contributed by atoms with Crippen LogP contribution in [0.25, 0.3) is 0 Å². The van der Waals surface area contributed by atoms with E-state index in [1.54, 1.807) is 20.8 Å². The largest absolute Gasteiger partial charge is 0.420 e. The molecule has 1 rings (SSSR count). The third-order valence-corrected chi connectivity index (χ3v) is 2.00. The normalized spacial score (nSPS) is 22.1. The maximum atomic E-state index is 11.4. The van der Waals surface area contributed by atoms with E-state index in [2.05, 4.69) is 4.74 Å². The number of imide groups is 1. The van der Waals surface area contributed by atoms with E-state index in [-0.39, 0.29) is 0 Å². The summed E-state index contributed by atoms with van der Waals surface area (Å²) < 4.78 is 2.40. The van der Waals surface area contributed by atoms with Gasteiger partial charge in [-0.3, -0.25) is 4.79 Å². The summed E-state index contributed by atoms with van der Waals surface area (Å²) in [5.74, 6) is -0.742. The third kappa shape index (κ3) is 1.74. The molecule has 0 aromatic carbocycles. The molecule has 1 heterocycles. The molecular weight excluding hydrogens is 217 g/mol. The summed E-state index contributed by atoms with van der Waals surface area (Å²) in [5, 5.41) is 0. The van der Waals surface area contributed by atoms with Crippen LogP contribution in [0.3, 0.4) is 0 Å². The number of amides is 2. The molecule has 0 saturated carbocycles. The number of halogens is 2. The molecule has 0 bridgehead atoms. The second-order valence-corrected chi connectivity index (χ2v) is 4.95. The van der Waals surface area contributed by atoms with Gasteiger partial charge in [0.2, 0.25) is 0 Å². The number of rotatable bonds is 0. The van der Waals surface area contributed by atoms with E-state index in [1.165, 1.54) is 0 Å². The summed E-state index contributed by atoms with van der Waals surface area (Å²) in [7, 11) is 0. The number of carbonyl (C=O) groups is 2. The Morgan fingerprint density at radius 1 is 1.31 bits per heavy atom. The van der Waals surface area contributed by atoms with E-state index in [4.69, 9.17) is 23.2 Å². The molecule has 74 valence electrons. The molecule has 1 saturated heterocycles. The quantitative estimate of drug-likeness (QED) is 0.592. The van der Waals surface area contributed by atoms with Crippen molar-refractivity contribution >= 4 is 35.2 Å². The maximum absolute atomic E-state index is 11.4. The molecule has 0 atom stereocenters. The minimum Gasteiger partial charge on any atom is -0.402 e. The van der Waals surface area contributed by atoms with Crippen molar-refractivity contribution in [3.8, 4) is 0 Å². The van der Waals surface area contributed by atoms with Gasteiger partial charge in [0.25, 0.3) is 0 Å². The lowest BCUT2D eigenvalue weighted by Crippen LogP contribution is -2.46. The minimum absolute atomic E-state index is 0.681. The van der Waals surface area contributed by atoms with E-state index in [0.717, 1.165) is 4.90 Å². The Bertz CT molecular complexity index is 269. The highest BCUT2D eigenvalue weighted by Gasteiger charge is 2.55. The fourth-order valence-corrected chi connectivity index (χ4v) is 1.29. The zero-order chi connectivity index (χ0) is 10.4. The number of ether oxygens (including phenoxy) is 1. The molecular formula is C7H9Cl2NO3. The summed E-state index contributed by atoms with van der Waals surface area (Å²) in [6, 6.07) is 0. The van der Waals surface area contributed by atoms with Gasteiger partial charge in [0.15, 0.2) is 0 Å². The predicted octanol–water partition coefficient (Wildman–Crippen LogP) is 1.90. The summed E-state index contributed by atoms with van der Waals surface area (Å²) in [6.07, 6.45) is -0.817. The Labute approximate surface area is 85.7 Å². The summed E-state index contributed by atoms with van der Waals surface area (Å²) in [6.45, 7) is 5.05. The lowest BCUT2D eigenvalue weighted by atomic mass is 10.1. The van der Waals surface area contributed by atoms with E-state index < -0.39 is 22.1 Å². The Hall–Kier alpha value is -0.480. The van der Waals surface area contributed by atoms with Crippen LogP contribution in [-0.4, -0.2) is 27.0 Å². The molecule has 4 nitrogen and oxygen atoms in total. The number of nitrogens with zero attached hydrogens (tertiary/aromatic N) is 1. The topological polar surface area (TPSA) is 46.6 Å². The molecule has 0 aromatic rings. The van der Waals surface area contributed by atoms with Crippen LogP contribution in [0.15, 0.2) is 0 Å². The summed E-state index contributed by atoms with van der Waals surface area (Å²) in [4.78, 5) is 23.5. The zero-order valence-corrected chi connectivity index (χ0v) is 8.94. The lowest BCUT2D eigenvalue weighted by Gasteiger charge is -2.26. The molecule has 0 aromatic heterocycles. The first-order valence-corrected chi connectivity index (χ1v) is 4.37. The van der Waals surface area contributed by atoms with Gasteiger partial charge >= 0.3 is 16.5 Å². The van der Waals surface area contributed by atoms with Crippen molar-refractivity contribution in [1.29, 1.82) is 0 Å². The molecule has 13 heavy (non-hydrogen) atoms. The van der Waals surface area contributed by atoms with Crippen LogP contribution >= 0.6 is 23.2 Å². The maximum Gasteiger partial charge on any atom is 0.420 e. The number of carbonyl (C=O) groups excluding carboxylic acids is 2. The first-order chi connectivity index (χ1) is 5.66. The molecule has 0 radical (unpaired) electrons. The Morgan fingerprint density at radius 3 is 1.92 bits per heavy atom. The number of cyclic esters (lactones) is 1. The van der Waals surface area contributed by atoms with Crippen LogP contribution in [0, 0.1) is 0 Å². The predicted molar refractivity (Wildman–Crippen MR) is 47.5 cm³/mol. The monoisotopic (exact) mass is 225 g/mol. The van der Waals surface area contributed by atoms with Gasteiger partial charge in [-0.05, 0) is 44.0 Å². The fourth-order valence-electron chi connectivity index (χ4n) is 0.991. The van der Waals surface area contributed by atoms with Crippen molar-refractivity contribution in [2.24, 2.45) is 0 Å². The van der Waals surface area contributed by atoms with Crippen LogP contribution in [0.4, 0.5) is 4.79 Å². The van der Waals surface area contributed by atoms with Crippen molar-refractivity contribution in [3.63, 3.8) is 0 Å². The first kappa shape index (κ1) is 10.6. The van der Waals surface area contributed by atoms with Gasteiger partial charge in [-0.15, -0.1) is 0 Å². The zero-order valence-electron chi connectivity index (χ0n) is 7.43. The lowest BCUT2D eigenvalue weighted by molar-refractivity contribution is -0.131. The molecule has 1 aliphatic rings. The number of alkyl halides is 2. The van der Waals surface area contributed by atoms with Crippen LogP contribution in [0.5, 0.6) is 0 Å². The minimum atomic E-state index is -2.07. The highest BCUT2D eigenvalue weighted by Crippen LogP contribution is 2.36. The average molecular weight is 226 g/mol. The van der Waals surface area contributed by atoms with Crippen LogP contribution in [0.1, 0.15) is 20.8 Å². The highest BCUT2D eigenvalue weighted by atomic mass is 35.5. The van der Waals surface area contributed by atoms with Crippen LogP contribution in [0.2, 0.25) is 0 Å². The van der Waals surface area contributed by atoms with Crippen LogP contribution < -0.4 is 0 Å². The molecule has 0 unspecified atom stereocenters. The van der Waals surface area contributed by atoms with Crippen molar-refractivity contribution < 1.29 is 14.3 Å². The summed E-state index contributed by atoms with van der Waals surface area (Å²) >= 11 is 10.9. The Balaban J connectivity index is 3.03. The molecule has 2 amide bonds. The standard InChI is InChI=1S/C7H9Cl2NO3/c1-6(2,3)10-4(11)7(8,9)13-5(10)12/h1-3H3. The van der Waals surface area contributed by atoms with E-state index in [9.17, 15) is 9.59 Å². The average Bonchev–Trinajstić information content (AvgIpc) is 1.99. The first-order valence-electron chi connectivity index (χ1n) is 3.62. The van der Waals surface area contributed by atoms with Crippen molar-refractivity contribution in [3.05, 3.63) is 0 Å². The number of hydrogen-bond acceptors (Lipinski definition) is 3. The van der Waals surface area contributed by atoms with Gasteiger partial charge in [-0.25, -0.2) is 9.69 Å². The van der Waals surface area contributed by atoms with Gasteiger partial charge in [0.05, 0.1) is 0 Å². The Kier molecular flexibility index (Phi) is 2.24. The molecule has 6 heteroatoms. The molecule has 1 aliphatic heterocycles. The van der Waals surface area contributed by atoms with Gasteiger partial charge < -0.3 is 4.74 Å². The fraction of sp³-hybridized carbons (Fsp3) is 0.714. The molecule has 0 spiro atoms. The van der Waals surface area contributed by atoms with Crippen molar-refractivity contribution in [2.75, 3.05) is 0 Å². The summed E-state index contributed by atoms with van der Waals surface area (Å²) in [5.41, 5.74) is -0.681. The molecule has 1 fully saturated rings. The number of hydrogen-bond donors (Lipinski definition) is 0. The second kappa shape index (κ2) is 2.75. The van der Waals surface area contributed by atoms with Gasteiger partial charge in [0, 0.05) is 5.54 Å². The molecule has 0 aliphatic carbocycles.